The molecule has 1 aromatic carbocycles. The number of benzene rings is 1. The molecular formula is C13H14Cl2N6O. The first kappa shape index (κ1) is 16.1. The molecule has 0 aliphatic rings. The van der Waals surface area contributed by atoms with Crippen molar-refractivity contribution in [2.24, 2.45) is 5.73 Å². The van der Waals surface area contributed by atoms with Crippen molar-refractivity contribution < 1.29 is 4.79 Å². The summed E-state index contributed by atoms with van der Waals surface area (Å²) < 4.78 is 0. The minimum Gasteiger partial charge on any atom is -0.371 e. The van der Waals surface area contributed by atoms with Crippen LogP contribution in [0.5, 0.6) is 0 Å². The standard InChI is InChI=1S/C13H14Cl2N6O/c1-17-11-10(21(2)12(16)22)6-18-13(20-11)19-7-3-4-8(14)9(15)5-7/h3-6H,1-2H3,(H2,16,22)(H2,17,18,19,20). The fourth-order valence-corrected chi connectivity index (χ4v) is 1.98. The third-order valence-corrected chi connectivity index (χ3v) is 3.61. The average molecular weight is 341 g/mol. The number of primary amides is 1. The Morgan fingerprint density at radius 3 is 2.64 bits per heavy atom. The van der Waals surface area contributed by atoms with Crippen molar-refractivity contribution >= 4 is 52.4 Å². The summed E-state index contributed by atoms with van der Waals surface area (Å²) in [5.41, 5.74) is 6.40. The highest BCUT2D eigenvalue weighted by Gasteiger charge is 2.14. The molecule has 1 heterocycles. The van der Waals surface area contributed by atoms with Crippen molar-refractivity contribution in [1.29, 1.82) is 0 Å². The van der Waals surface area contributed by atoms with Crippen LogP contribution in [0.4, 0.5) is 27.9 Å². The largest absolute Gasteiger partial charge is 0.371 e. The van der Waals surface area contributed by atoms with Gasteiger partial charge in [0.05, 0.1) is 16.2 Å². The topological polar surface area (TPSA) is 96.2 Å². The van der Waals surface area contributed by atoms with Crippen molar-refractivity contribution in [3.8, 4) is 0 Å². The van der Waals surface area contributed by atoms with E-state index in [0.29, 0.717) is 33.2 Å². The maximum Gasteiger partial charge on any atom is 0.319 e. The number of carbonyl (C=O) groups excluding carboxylic acids is 1. The van der Waals surface area contributed by atoms with Crippen LogP contribution in [-0.4, -0.2) is 30.1 Å². The minimum atomic E-state index is -0.606. The lowest BCUT2D eigenvalue weighted by Crippen LogP contribution is -2.32. The molecule has 7 nitrogen and oxygen atoms in total. The van der Waals surface area contributed by atoms with E-state index >= 15 is 0 Å². The van der Waals surface area contributed by atoms with Gasteiger partial charge in [-0.3, -0.25) is 4.90 Å². The van der Waals surface area contributed by atoms with E-state index in [1.165, 1.54) is 18.1 Å². The van der Waals surface area contributed by atoms with Crippen LogP contribution >= 0.6 is 23.2 Å². The number of amides is 2. The molecule has 0 fully saturated rings. The molecule has 4 N–H and O–H groups in total. The summed E-state index contributed by atoms with van der Waals surface area (Å²) in [6.07, 6.45) is 1.49. The normalized spacial score (nSPS) is 10.2. The van der Waals surface area contributed by atoms with Crippen LogP contribution < -0.4 is 21.3 Å². The van der Waals surface area contributed by atoms with Crippen LogP contribution in [0.25, 0.3) is 0 Å². The predicted molar refractivity (Wildman–Crippen MR) is 89.3 cm³/mol. The summed E-state index contributed by atoms with van der Waals surface area (Å²) >= 11 is 11.8. The van der Waals surface area contributed by atoms with E-state index in [-0.39, 0.29) is 0 Å². The first-order valence-electron chi connectivity index (χ1n) is 6.22. The van der Waals surface area contributed by atoms with Crippen molar-refractivity contribution in [2.45, 2.75) is 0 Å². The predicted octanol–water partition coefficient (Wildman–Crippen LogP) is 3.08. The second-order valence-electron chi connectivity index (χ2n) is 4.33. The number of urea groups is 1. The lowest BCUT2D eigenvalue weighted by molar-refractivity contribution is 0.255. The first-order chi connectivity index (χ1) is 10.4. The van der Waals surface area contributed by atoms with Gasteiger partial charge in [-0.25, -0.2) is 9.78 Å². The zero-order valence-corrected chi connectivity index (χ0v) is 13.4. The summed E-state index contributed by atoms with van der Waals surface area (Å²) in [6, 6.07) is 4.47. The van der Waals surface area contributed by atoms with Crippen LogP contribution in [0.1, 0.15) is 0 Å². The third kappa shape index (κ3) is 3.49. The van der Waals surface area contributed by atoms with E-state index < -0.39 is 6.03 Å². The van der Waals surface area contributed by atoms with Crippen LogP contribution in [0.15, 0.2) is 24.4 Å². The molecule has 0 aliphatic carbocycles. The SMILES string of the molecule is CNc1nc(Nc2ccc(Cl)c(Cl)c2)ncc1N(C)C(N)=O. The quantitative estimate of drug-likeness (QED) is 0.794. The minimum absolute atomic E-state index is 0.337. The Morgan fingerprint density at radius 2 is 2.05 bits per heavy atom. The highest BCUT2D eigenvalue weighted by atomic mass is 35.5. The highest BCUT2D eigenvalue weighted by molar-refractivity contribution is 6.42. The molecule has 0 unspecified atom stereocenters. The summed E-state index contributed by atoms with van der Waals surface area (Å²) in [6.45, 7) is 0. The maximum absolute atomic E-state index is 11.2. The Bertz CT molecular complexity index is 709. The van der Waals surface area contributed by atoms with Crippen LogP contribution in [0.3, 0.4) is 0 Å². The number of hydrogen-bond acceptors (Lipinski definition) is 5. The fourth-order valence-electron chi connectivity index (χ4n) is 1.69. The van der Waals surface area contributed by atoms with E-state index in [2.05, 4.69) is 20.6 Å². The van der Waals surface area contributed by atoms with E-state index in [0.717, 1.165) is 0 Å². The summed E-state index contributed by atoms with van der Waals surface area (Å²) in [7, 11) is 3.22. The maximum atomic E-state index is 11.2. The number of aromatic nitrogens is 2. The number of anilines is 4. The van der Waals surface area contributed by atoms with Crippen molar-refractivity contribution in [2.75, 3.05) is 29.6 Å². The zero-order chi connectivity index (χ0) is 16.3. The lowest BCUT2D eigenvalue weighted by Gasteiger charge is -2.17. The molecule has 2 aromatic rings. The van der Waals surface area contributed by atoms with E-state index in [9.17, 15) is 4.79 Å². The Balaban J connectivity index is 2.29. The van der Waals surface area contributed by atoms with Gasteiger partial charge in [0.25, 0.3) is 0 Å². The highest BCUT2D eigenvalue weighted by Crippen LogP contribution is 2.27. The van der Waals surface area contributed by atoms with Crippen LogP contribution in [0, 0.1) is 0 Å². The van der Waals surface area contributed by atoms with Gasteiger partial charge >= 0.3 is 6.03 Å². The number of halogens is 2. The summed E-state index contributed by atoms with van der Waals surface area (Å²) in [4.78, 5) is 20.9. The first-order valence-corrected chi connectivity index (χ1v) is 6.98. The van der Waals surface area contributed by atoms with Crippen LogP contribution in [-0.2, 0) is 0 Å². The summed E-state index contributed by atoms with van der Waals surface area (Å²) in [5, 5.41) is 6.77. The zero-order valence-electron chi connectivity index (χ0n) is 11.9. The number of nitrogens with one attached hydrogen (secondary N) is 2. The van der Waals surface area contributed by atoms with Gasteiger partial charge in [0, 0.05) is 19.8 Å². The monoisotopic (exact) mass is 340 g/mol. The Morgan fingerprint density at radius 1 is 1.32 bits per heavy atom. The third-order valence-electron chi connectivity index (χ3n) is 2.87. The van der Waals surface area contributed by atoms with Crippen molar-refractivity contribution in [3.63, 3.8) is 0 Å². The molecule has 0 aliphatic heterocycles. The molecule has 22 heavy (non-hydrogen) atoms. The Kier molecular flexibility index (Phi) is 4.89. The van der Waals surface area contributed by atoms with Gasteiger partial charge in [-0.15, -0.1) is 0 Å². The molecule has 0 radical (unpaired) electrons. The number of carbonyl (C=O) groups is 1. The van der Waals surface area contributed by atoms with Gasteiger partial charge in [0.1, 0.15) is 5.69 Å². The smallest absolute Gasteiger partial charge is 0.319 e. The van der Waals surface area contributed by atoms with Crippen molar-refractivity contribution in [1.82, 2.24) is 9.97 Å². The number of rotatable bonds is 4. The van der Waals surface area contributed by atoms with Crippen molar-refractivity contribution in [3.05, 3.63) is 34.4 Å². The molecule has 9 heteroatoms. The Hall–Kier alpha value is -2.25. The molecule has 116 valence electrons. The molecular weight excluding hydrogens is 327 g/mol. The lowest BCUT2D eigenvalue weighted by atomic mass is 10.3. The number of nitrogens with two attached hydrogens (primary N) is 1. The van der Waals surface area contributed by atoms with E-state index in [4.69, 9.17) is 28.9 Å². The van der Waals surface area contributed by atoms with E-state index in [1.54, 1.807) is 25.2 Å². The fraction of sp³-hybridized carbons (Fsp3) is 0.154. The molecule has 0 saturated carbocycles. The molecule has 0 saturated heterocycles. The van der Waals surface area contributed by atoms with Gasteiger partial charge in [-0.05, 0) is 18.2 Å². The van der Waals surface area contributed by atoms with Gasteiger partial charge in [-0.2, -0.15) is 4.98 Å². The van der Waals surface area contributed by atoms with Gasteiger partial charge in [0.15, 0.2) is 5.82 Å². The van der Waals surface area contributed by atoms with Gasteiger partial charge < -0.3 is 16.4 Å². The molecule has 1 aromatic heterocycles. The number of nitrogens with zero attached hydrogens (tertiary/aromatic N) is 3. The number of hydrogen-bond donors (Lipinski definition) is 3. The average Bonchev–Trinajstić information content (AvgIpc) is 2.50. The molecule has 0 atom stereocenters. The van der Waals surface area contributed by atoms with Crippen LogP contribution in [0.2, 0.25) is 10.0 Å². The summed E-state index contributed by atoms with van der Waals surface area (Å²) in [5.74, 6) is 0.795. The van der Waals surface area contributed by atoms with Gasteiger partial charge in [-0.1, -0.05) is 23.2 Å². The molecule has 2 rings (SSSR count). The molecule has 0 spiro atoms. The second-order valence-corrected chi connectivity index (χ2v) is 5.14. The van der Waals surface area contributed by atoms with E-state index in [1.807, 2.05) is 0 Å². The Labute approximate surface area is 137 Å². The molecule has 0 bridgehead atoms. The van der Waals surface area contributed by atoms with Gasteiger partial charge in [0.2, 0.25) is 5.95 Å². The second kappa shape index (κ2) is 6.67. The molecule has 2 amide bonds.